The Morgan fingerprint density at radius 1 is 1.27 bits per heavy atom. The van der Waals surface area contributed by atoms with E-state index in [1.54, 1.807) is 0 Å². The first-order valence-corrected chi connectivity index (χ1v) is 6.25. The van der Waals surface area contributed by atoms with Gasteiger partial charge in [-0.15, -0.1) is 11.6 Å². The molecule has 0 radical (unpaired) electrons. The van der Waals surface area contributed by atoms with Gasteiger partial charge in [0.15, 0.2) is 0 Å². The van der Waals surface area contributed by atoms with E-state index in [-0.39, 0.29) is 5.38 Å². The first kappa shape index (κ1) is 12.6. The van der Waals surface area contributed by atoms with Crippen molar-refractivity contribution in [1.29, 1.82) is 0 Å². The van der Waals surface area contributed by atoms with Crippen molar-refractivity contribution >= 4 is 11.6 Å². The highest BCUT2D eigenvalue weighted by atomic mass is 35.5. The maximum atomic E-state index is 6.36. The van der Waals surface area contributed by atoms with Gasteiger partial charge in [0.05, 0.1) is 0 Å². The molecule has 0 fully saturated rings. The highest BCUT2D eigenvalue weighted by Crippen LogP contribution is 2.19. The fourth-order valence-electron chi connectivity index (χ4n) is 1.76. The fourth-order valence-corrected chi connectivity index (χ4v) is 2.23. The Kier molecular flexibility index (Phi) is 5.17. The number of alkyl halides is 1. The van der Waals surface area contributed by atoms with E-state index < -0.39 is 0 Å². The number of rotatable bonds is 5. The van der Waals surface area contributed by atoms with Gasteiger partial charge in [-0.25, -0.2) is 0 Å². The maximum Gasteiger partial charge on any atom is 0.0379 e. The normalized spacial score (nSPS) is 14.9. The van der Waals surface area contributed by atoms with Gasteiger partial charge in [-0.2, -0.15) is 0 Å². The van der Waals surface area contributed by atoms with Crippen LogP contribution in [0, 0.1) is 12.8 Å². The molecule has 0 heterocycles. The van der Waals surface area contributed by atoms with Gasteiger partial charge in [-0.05, 0) is 36.8 Å². The van der Waals surface area contributed by atoms with Crippen LogP contribution in [0.1, 0.15) is 37.8 Å². The van der Waals surface area contributed by atoms with Crippen LogP contribution in [0.25, 0.3) is 0 Å². The topological polar surface area (TPSA) is 0 Å². The Morgan fingerprint density at radius 3 is 2.53 bits per heavy atom. The Labute approximate surface area is 98.7 Å². The van der Waals surface area contributed by atoms with Crippen LogP contribution in [0.3, 0.4) is 0 Å². The molecule has 2 atom stereocenters. The summed E-state index contributed by atoms with van der Waals surface area (Å²) in [5.41, 5.74) is 2.74. The third-order valence-corrected chi connectivity index (χ3v) is 3.39. The molecule has 0 spiro atoms. The minimum Gasteiger partial charge on any atom is -0.123 e. The predicted molar refractivity (Wildman–Crippen MR) is 68.6 cm³/mol. The molecule has 0 saturated heterocycles. The van der Waals surface area contributed by atoms with Gasteiger partial charge in [0, 0.05) is 5.38 Å². The number of hydrogen-bond acceptors (Lipinski definition) is 0. The van der Waals surface area contributed by atoms with Crippen LogP contribution in [0.15, 0.2) is 24.3 Å². The van der Waals surface area contributed by atoms with E-state index >= 15 is 0 Å². The van der Waals surface area contributed by atoms with Crippen LogP contribution in [0.2, 0.25) is 0 Å². The van der Waals surface area contributed by atoms with E-state index in [1.165, 1.54) is 17.5 Å². The molecule has 1 rings (SSSR count). The Bertz CT molecular complexity index is 293. The van der Waals surface area contributed by atoms with E-state index in [0.717, 1.165) is 18.8 Å². The van der Waals surface area contributed by atoms with E-state index in [4.69, 9.17) is 11.6 Å². The molecule has 2 unspecified atom stereocenters. The van der Waals surface area contributed by atoms with Gasteiger partial charge in [0.25, 0.3) is 0 Å². The molecule has 1 heteroatoms. The molecule has 0 N–H and O–H groups in total. The molecule has 15 heavy (non-hydrogen) atoms. The minimum atomic E-state index is 0.279. The van der Waals surface area contributed by atoms with E-state index in [2.05, 4.69) is 45.0 Å². The Hall–Kier alpha value is -0.490. The van der Waals surface area contributed by atoms with Crippen molar-refractivity contribution in [1.82, 2.24) is 0 Å². The zero-order chi connectivity index (χ0) is 11.3. The SMILES string of the molecule is CCC(C)CC(Cl)Cc1ccccc1C. The molecule has 0 aliphatic heterocycles. The van der Waals surface area contributed by atoms with E-state index in [0.29, 0.717) is 0 Å². The standard InChI is InChI=1S/C14H21Cl/c1-4-11(2)9-14(15)10-13-8-6-5-7-12(13)3/h5-8,11,14H,4,9-10H2,1-3H3. The first-order chi connectivity index (χ1) is 7.13. The molecule has 0 aromatic heterocycles. The van der Waals surface area contributed by atoms with Crippen LogP contribution in [-0.4, -0.2) is 5.38 Å². The molecule has 0 saturated carbocycles. The summed E-state index contributed by atoms with van der Waals surface area (Å²) in [5, 5.41) is 0.279. The molecule has 1 aromatic rings. The lowest BCUT2D eigenvalue weighted by Crippen LogP contribution is -2.09. The average molecular weight is 225 g/mol. The summed E-state index contributed by atoms with van der Waals surface area (Å²) in [6, 6.07) is 8.51. The maximum absolute atomic E-state index is 6.36. The van der Waals surface area contributed by atoms with Crippen molar-refractivity contribution in [3.63, 3.8) is 0 Å². The smallest absolute Gasteiger partial charge is 0.0379 e. The van der Waals surface area contributed by atoms with Crippen molar-refractivity contribution in [2.24, 2.45) is 5.92 Å². The lowest BCUT2D eigenvalue weighted by Gasteiger charge is -2.15. The van der Waals surface area contributed by atoms with Crippen molar-refractivity contribution in [2.45, 2.75) is 45.4 Å². The first-order valence-electron chi connectivity index (χ1n) is 5.82. The summed E-state index contributed by atoms with van der Waals surface area (Å²) in [6.07, 6.45) is 3.34. The van der Waals surface area contributed by atoms with Crippen LogP contribution in [-0.2, 0) is 6.42 Å². The molecule has 0 aliphatic rings. The lowest BCUT2D eigenvalue weighted by molar-refractivity contribution is 0.500. The molecule has 0 aliphatic carbocycles. The third kappa shape index (κ3) is 4.25. The molecule has 0 bridgehead atoms. The molecule has 0 nitrogen and oxygen atoms in total. The molecular formula is C14H21Cl. The Balaban J connectivity index is 2.51. The second-order valence-corrected chi connectivity index (χ2v) is 5.09. The monoisotopic (exact) mass is 224 g/mol. The summed E-state index contributed by atoms with van der Waals surface area (Å²) < 4.78 is 0. The number of aryl methyl sites for hydroxylation is 1. The average Bonchev–Trinajstić information content (AvgIpc) is 2.21. The van der Waals surface area contributed by atoms with E-state index in [9.17, 15) is 0 Å². The second kappa shape index (κ2) is 6.17. The zero-order valence-corrected chi connectivity index (χ0v) is 10.7. The van der Waals surface area contributed by atoms with Gasteiger partial charge in [0.2, 0.25) is 0 Å². The number of hydrogen-bond donors (Lipinski definition) is 0. The quantitative estimate of drug-likeness (QED) is 0.643. The predicted octanol–water partition coefficient (Wildman–Crippen LogP) is 4.58. The summed E-state index contributed by atoms with van der Waals surface area (Å²) >= 11 is 6.36. The van der Waals surface area contributed by atoms with Crippen molar-refractivity contribution in [2.75, 3.05) is 0 Å². The minimum absolute atomic E-state index is 0.279. The summed E-state index contributed by atoms with van der Waals surface area (Å²) in [7, 11) is 0. The largest absolute Gasteiger partial charge is 0.123 e. The van der Waals surface area contributed by atoms with Gasteiger partial charge >= 0.3 is 0 Å². The van der Waals surface area contributed by atoms with Crippen molar-refractivity contribution in [3.8, 4) is 0 Å². The second-order valence-electron chi connectivity index (χ2n) is 4.48. The van der Waals surface area contributed by atoms with Crippen LogP contribution >= 0.6 is 11.6 Å². The number of halogens is 1. The van der Waals surface area contributed by atoms with E-state index in [1.807, 2.05) is 0 Å². The molecule has 84 valence electrons. The van der Waals surface area contributed by atoms with Gasteiger partial charge in [-0.1, -0.05) is 44.5 Å². The van der Waals surface area contributed by atoms with Gasteiger partial charge in [-0.3, -0.25) is 0 Å². The fraction of sp³-hybridized carbons (Fsp3) is 0.571. The highest BCUT2D eigenvalue weighted by molar-refractivity contribution is 6.20. The highest BCUT2D eigenvalue weighted by Gasteiger charge is 2.10. The van der Waals surface area contributed by atoms with Crippen molar-refractivity contribution in [3.05, 3.63) is 35.4 Å². The molecule has 0 amide bonds. The van der Waals surface area contributed by atoms with Crippen molar-refractivity contribution < 1.29 is 0 Å². The number of benzene rings is 1. The van der Waals surface area contributed by atoms with Crippen LogP contribution < -0.4 is 0 Å². The van der Waals surface area contributed by atoms with Gasteiger partial charge < -0.3 is 0 Å². The summed E-state index contributed by atoms with van der Waals surface area (Å²) in [5.74, 6) is 0.733. The zero-order valence-electron chi connectivity index (χ0n) is 9.96. The third-order valence-electron chi connectivity index (χ3n) is 3.06. The van der Waals surface area contributed by atoms with Gasteiger partial charge in [0.1, 0.15) is 0 Å². The van der Waals surface area contributed by atoms with Crippen LogP contribution in [0.5, 0.6) is 0 Å². The molecular weight excluding hydrogens is 204 g/mol. The lowest BCUT2D eigenvalue weighted by atomic mass is 9.97. The summed E-state index contributed by atoms with van der Waals surface area (Å²) in [6.45, 7) is 6.65. The molecule has 1 aromatic carbocycles. The summed E-state index contributed by atoms with van der Waals surface area (Å²) in [4.78, 5) is 0. The van der Waals surface area contributed by atoms with Crippen LogP contribution in [0.4, 0.5) is 0 Å². The Morgan fingerprint density at radius 2 is 1.93 bits per heavy atom.